The summed E-state index contributed by atoms with van der Waals surface area (Å²) in [5.74, 6) is 0.818. The standard InChI is InChI=1S/C13H15NO2S/c14-11-3-5-12(6-4-11)16-8-7-15-10-13-2-1-9-17-13/h1-6,9H,7-8,10,14H2. The molecule has 1 heterocycles. The van der Waals surface area contributed by atoms with Crippen LogP contribution >= 0.6 is 11.3 Å². The number of rotatable bonds is 6. The van der Waals surface area contributed by atoms with Crippen molar-refractivity contribution in [3.05, 3.63) is 46.7 Å². The van der Waals surface area contributed by atoms with E-state index in [9.17, 15) is 0 Å². The summed E-state index contributed by atoms with van der Waals surface area (Å²) in [4.78, 5) is 1.23. The second-order valence-corrected chi connectivity index (χ2v) is 4.58. The molecule has 0 saturated carbocycles. The first-order valence-corrected chi connectivity index (χ1v) is 6.31. The van der Waals surface area contributed by atoms with Gasteiger partial charge in [-0.05, 0) is 35.7 Å². The number of ether oxygens (including phenoxy) is 2. The Kier molecular flexibility index (Phi) is 4.41. The zero-order valence-electron chi connectivity index (χ0n) is 9.46. The molecule has 2 aromatic rings. The third-order valence-electron chi connectivity index (χ3n) is 2.20. The minimum Gasteiger partial charge on any atom is -0.491 e. The predicted molar refractivity (Wildman–Crippen MR) is 70.3 cm³/mol. The van der Waals surface area contributed by atoms with Gasteiger partial charge in [-0.3, -0.25) is 0 Å². The van der Waals surface area contributed by atoms with Gasteiger partial charge in [0.15, 0.2) is 0 Å². The summed E-state index contributed by atoms with van der Waals surface area (Å²) in [7, 11) is 0. The van der Waals surface area contributed by atoms with Crippen molar-refractivity contribution in [2.75, 3.05) is 18.9 Å². The number of anilines is 1. The lowest BCUT2D eigenvalue weighted by Gasteiger charge is -2.06. The van der Waals surface area contributed by atoms with E-state index in [0.717, 1.165) is 11.4 Å². The van der Waals surface area contributed by atoms with Crippen LogP contribution in [0.4, 0.5) is 5.69 Å². The van der Waals surface area contributed by atoms with Crippen molar-refractivity contribution in [1.29, 1.82) is 0 Å². The molecule has 0 bridgehead atoms. The van der Waals surface area contributed by atoms with Crippen molar-refractivity contribution in [1.82, 2.24) is 0 Å². The van der Waals surface area contributed by atoms with Gasteiger partial charge >= 0.3 is 0 Å². The first kappa shape index (κ1) is 12.0. The van der Waals surface area contributed by atoms with Crippen LogP contribution in [0, 0.1) is 0 Å². The highest BCUT2D eigenvalue weighted by molar-refractivity contribution is 7.09. The van der Waals surface area contributed by atoms with E-state index in [2.05, 4.69) is 6.07 Å². The predicted octanol–water partition coefficient (Wildman–Crippen LogP) is 2.93. The zero-order valence-corrected chi connectivity index (χ0v) is 10.3. The first-order chi connectivity index (χ1) is 8.34. The largest absolute Gasteiger partial charge is 0.491 e. The van der Waals surface area contributed by atoms with Crippen molar-refractivity contribution >= 4 is 17.0 Å². The van der Waals surface area contributed by atoms with E-state index in [1.807, 2.05) is 35.7 Å². The fourth-order valence-corrected chi connectivity index (χ4v) is 1.99. The van der Waals surface area contributed by atoms with Gasteiger partial charge in [0.2, 0.25) is 0 Å². The lowest BCUT2D eigenvalue weighted by Crippen LogP contribution is -2.06. The van der Waals surface area contributed by atoms with Crippen LogP contribution < -0.4 is 10.5 Å². The third kappa shape index (κ3) is 4.09. The topological polar surface area (TPSA) is 44.5 Å². The van der Waals surface area contributed by atoms with Crippen LogP contribution in [0.1, 0.15) is 4.88 Å². The van der Waals surface area contributed by atoms with E-state index in [1.54, 1.807) is 11.3 Å². The second kappa shape index (κ2) is 6.27. The Morgan fingerprint density at radius 3 is 2.59 bits per heavy atom. The summed E-state index contributed by atoms with van der Waals surface area (Å²) in [6, 6.07) is 11.4. The molecular weight excluding hydrogens is 234 g/mol. The molecule has 0 saturated heterocycles. The Morgan fingerprint density at radius 2 is 1.88 bits per heavy atom. The summed E-state index contributed by atoms with van der Waals surface area (Å²) in [5.41, 5.74) is 6.32. The quantitative estimate of drug-likeness (QED) is 0.632. The van der Waals surface area contributed by atoms with Gasteiger partial charge in [-0.15, -0.1) is 11.3 Å². The molecule has 0 amide bonds. The summed E-state index contributed by atoms with van der Waals surface area (Å²) in [6.07, 6.45) is 0. The molecule has 0 radical (unpaired) electrons. The van der Waals surface area contributed by atoms with Gasteiger partial charge in [0.1, 0.15) is 12.4 Å². The van der Waals surface area contributed by atoms with Crippen molar-refractivity contribution in [3.8, 4) is 5.75 Å². The van der Waals surface area contributed by atoms with Gasteiger partial charge < -0.3 is 15.2 Å². The van der Waals surface area contributed by atoms with E-state index < -0.39 is 0 Å². The zero-order chi connectivity index (χ0) is 11.9. The molecule has 0 spiro atoms. The van der Waals surface area contributed by atoms with Crippen LogP contribution in [0.15, 0.2) is 41.8 Å². The van der Waals surface area contributed by atoms with Gasteiger partial charge in [-0.2, -0.15) is 0 Å². The summed E-state index contributed by atoms with van der Waals surface area (Å²) < 4.78 is 11.0. The fraction of sp³-hybridized carbons (Fsp3) is 0.231. The lowest BCUT2D eigenvalue weighted by atomic mass is 10.3. The molecule has 2 rings (SSSR count). The van der Waals surface area contributed by atoms with E-state index in [1.165, 1.54) is 4.88 Å². The van der Waals surface area contributed by atoms with Crippen LogP contribution in [-0.4, -0.2) is 13.2 Å². The lowest BCUT2D eigenvalue weighted by molar-refractivity contribution is 0.0905. The first-order valence-electron chi connectivity index (χ1n) is 5.43. The molecule has 0 unspecified atom stereocenters. The molecule has 0 fully saturated rings. The minimum absolute atomic E-state index is 0.551. The van der Waals surface area contributed by atoms with Crippen molar-refractivity contribution in [2.45, 2.75) is 6.61 Å². The van der Waals surface area contributed by atoms with Gasteiger partial charge in [0.25, 0.3) is 0 Å². The molecule has 2 N–H and O–H groups in total. The maximum absolute atomic E-state index is 5.58. The monoisotopic (exact) mass is 249 g/mol. The molecular formula is C13H15NO2S. The van der Waals surface area contributed by atoms with Crippen molar-refractivity contribution in [2.24, 2.45) is 0 Å². The van der Waals surface area contributed by atoms with E-state index in [0.29, 0.717) is 19.8 Å². The summed E-state index contributed by atoms with van der Waals surface area (Å²) in [6.45, 7) is 1.79. The van der Waals surface area contributed by atoms with E-state index >= 15 is 0 Å². The molecule has 90 valence electrons. The van der Waals surface area contributed by atoms with Crippen molar-refractivity contribution in [3.63, 3.8) is 0 Å². The highest BCUT2D eigenvalue weighted by Crippen LogP contribution is 2.13. The third-order valence-corrected chi connectivity index (χ3v) is 3.05. The maximum Gasteiger partial charge on any atom is 0.119 e. The Balaban J connectivity index is 1.61. The van der Waals surface area contributed by atoms with Gasteiger partial charge in [0, 0.05) is 10.6 Å². The Morgan fingerprint density at radius 1 is 1.06 bits per heavy atom. The maximum atomic E-state index is 5.58. The molecule has 0 aliphatic heterocycles. The molecule has 4 heteroatoms. The SMILES string of the molecule is Nc1ccc(OCCOCc2cccs2)cc1. The molecule has 3 nitrogen and oxygen atoms in total. The minimum atomic E-state index is 0.551. The van der Waals surface area contributed by atoms with Crippen LogP contribution in [0.2, 0.25) is 0 Å². The van der Waals surface area contributed by atoms with Gasteiger partial charge in [0.05, 0.1) is 13.2 Å². The average molecular weight is 249 g/mol. The molecule has 1 aromatic carbocycles. The number of nitrogens with two attached hydrogens (primary N) is 1. The van der Waals surface area contributed by atoms with Crippen LogP contribution in [0.5, 0.6) is 5.75 Å². The highest BCUT2D eigenvalue weighted by Gasteiger charge is 1.95. The number of nitrogen functional groups attached to an aromatic ring is 1. The number of hydrogen-bond donors (Lipinski definition) is 1. The van der Waals surface area contributed by atoms with Gasteiger partial charge in [-0.25, -0.2) is 0 Å². The van der Waals surface area contributed by atoms with Crippen LogP contribution in [0.3, 0.4) is 0 Å². The smallest absolute Gasteiger partial charge is 0.119 e. The second-order valence-electron chi connectivity index (χ2n) is 3.55. The van der Waals surface area contributed by atoms with Gasteiger partial charge in [-0.1, -0.05) is 6.07 Å². The normalized spacial score (nSPS) is 10.4. The Labute approximate surface area is 105 Å². The Hall–Kier alpha value is -1.52. The molecule has 0 aliphatic carbocycles. The highest BCUT2D eigenvalue weighted by atomic mass is 32.1. The molecule has 17 heavy (non-hydrogen) atoms. The number of benzene rings is 1. The fourth-order valence-electron chi connectivity index (χ4n) is 1.35. The molecule has 0 aliphatic rings. The van der Waals surface area contributed by atoms with E-state index in [4.69, 9.17) is 15.2 Å². The Bertz CT molecular complexity index is 425. The summed E-state index contributed by atoms with van der Waals surface area (Å²) >= 11 is 1.70. The number of hydrogen-bond acceptors (Lipinski definition) is 4. The number of thiophene rings is 1. The summed E-state index contributed by atoms with van der Waals surface area (Å²) in [5, 5.41) is 2.05. The van der Waals surface area contributed by atoms with Crippen molar-refractivity contribution < 1.29 is 9.47 Å². The molecule has 0 atom stereocenters. The van der Waals surface area contributed by atoms with Crippen LogP contribution in [-0.2, 0) is 11.3 Å². The molecule has 1 aromatic heterocycles. The van der Waals surface area contributed by atoms with E-state index in [-0.39, 0.29) is 0 Å². The van der Waals surface area contributed by atoms with Crippen LogP contribution in [0.25, 0.3) is 0 Å². The average Bonchev–Trinajstić information content (AvgIpc) is 2.84.